The van der Waals surface area contributed by atoms with E-state index in [1.54, 1.807) is 24.8 Å². The van der Waals surface area contributed by atoms with E-state index in [0.717, 1.165) is 30.3 Å². The summed E-state index contributed by atoms with van der Waals surface area (Å²) in [6.45, 7) is 7.98. The zero-order valence-corrected chi connectivity index (χ0v) is 16.9. The third kappa shape index (κ3) is 4.87. The van der Waals surface area contributed by atoms with Crippen molar-refractivity contribution in [2.45, 2.75) is 39.4 Å². The second kappa shape index (κ2) is 7.87. The molecule has 0 saturated carbocycles. The number of anilines is 3. The number of hydrogen-bond donors (Lipinski definition) is 2. The Hall–Kier alpha value is -3.48. The Labute approximate surface area is 171 Å². The predicted octanol–water partition coefficient (Wildman–Crippen LogP) is 4.21. The average Bonchev–Trinajstić information content (AvgIpc) is 2.69. The minimum absolute atomic E-state index is 0.110. The lowest BCUT2D eigenvalue weighted by Gasteiger charge is -2.30. The zero-order chi connectivity index (χ0) is 20.3. The number of aromatic nitrogens is 4. The van der Waals surface area contributed by atoms with Crippen LogP contribution in [-0.2, 0) is 13.1 Å². The van der Waals surface area contributed by atoms with Crippen LogP contribution in [-0.4, -0.2) is 30.4 Å². The summed E-state index contributed by atoms with van der Waals surface area (Å²) < 4.78 is 0. The quantitative estimate of drug-likeness (QED) is 0.679. The van der Waals surface area contributed by atoms with Gasteiger partial charge in [-0.2, -0.15) is 0 Å². The van der Waals surface area contributed by atoms with Crippen LogP contribution in [0.2, 0.25) is 0 Å². The predicted molar refractivity (Wildman–Crippen MR) is 115 cm³/mol. The van der Waals surface area contributed by atoms with Crippen molar-refractivity contribution in [1.29, 1.82) is 0 Å². The van der Waals surface area contributed by atoms with E-state index in [1.807, 2.05) is 12.3 Å². The molecule has 0 fully saturated rings. The van der Waals surface area contributed by atoms with Crippen LogP contribution in [0.1, 0.15) is 37.5 Å². The van der Waals surface area contributed by atoms with E-state index in [4.69, 9.17) is 4.98 Å². The maximum absolute atomic E-state index is 4.85. The van der Waals surface area contributed by atoms with Crippen molar-refractivity contribution in [1.82, 2.24) is 24.8 Å². The number of fused-ring (bicyclic) bond motifs is 1. The molecule has 0 atom stereocenters. The van der Waals surface area contributed by atoms with Gasteiger partial charge in [-0.15, -0.1) is 0 Å². The third-order valence-corrected chi connectivity index (χ3v) is 4.41. The standard InChI is InChI=1S/C22H25N7/c1-22(2,3)28-21-18-15-29(14-16-5-4-7-23-12-16)10-6-17(18)11-19(27-21)26-20-13-24-8-9-25-20/h4-13H,14-15H2,1-3H3,(H2,25,26,27,28). The molecule has 7 heteroatoms. The Morgan fingerprint density at radius 2 is 1.93 bits per heavy atom. The highest BCUT2D eigenvalue weighted by atomic mass is 15.1. The summed E-state index contributed by atoms with van der Waals surface area (Å²) in [6, 6.07) is 6.11. The van der Waals surface area contributed by atoms with E-state index in [9.17, 15) is 0 Å². The van der Waals surface area contributed by atoms with Crippen molar-refractivity contribution in [2.75, 3.05) is 10.6 Å². The molecule has 0 bridgehead atoms. The van der Waals surface area contributed by atoms with Crippen LogP contribution < -0.4 is 10.6 Å². The van der Waals surface area contributed by atoms with Crippen LogP contribution >= 0.6 is 0 Å². The highest BCUT2D eigenvalue weighted by molar-refractivity contribution is 5.69. The van der Waals surface area contributed by atoms with E-state index >= 15 is 0 Å². The summed E-state index contributed by atoms with van der Waals surface area (Å²) in [4.78, 5) is 19.7. The van der Waals surface area contributed by atoms with Gasteiger partial charge in [-0.05, 0) is 50.1 Å². The van der Waals surface area contributed by atoms with Crippen LogP contribution in [0.4, 0.5) is 17.5 Å². The molecule has 148 valence electrons. The van der Waals surface area contributed by atoms with Crippen LogP contribution in [0, 0.1) is 0 Å². The van der Waals surface area contributed by atoms with Crippen LogP contribution in [0.25, 0.3) is 6.08 Å². The van der Waals surface area contributed by atoms with Crippen LogP contribution in [0.15, 0.2) is 55.4 Å². The van der Waals surface area contributed by atoms with Crippen molar-refractivity contribution in [3.05, 3.63) is 72.1 Å². The van der Waals surface area contributed by atoms with Crippen LogP contribution in [0.3, 0.4) is 0 Å². The summed E-state index contributed by atoms with van der Waals surface area (Å²) >= 11 is 0. The van der Waals surface area contributed by atoms with Gasteiger partial charge in [-0.1, -0.05) is 6.07 Å². The Bertz CT molecular complexity index is 995. The molecule has 29 heavy (non-hydrogen) atoms. The Kier molecular flexibility index (Phi) is 5.12. The Balaban J connectivity index is 1.64. The minimum atomic E-state index is -0.110. The van der Waals surface area contributed by atoms with E-state index < -0.39 is 0 Å². The second-order valence-electron chi connectivity index (χ2n) is 8.10. The maximum atomic E-state index is 4.85. The number of pyridine rings is 2. The fourth-order valence-electron chi connectivity index (χ4n) is 3.20. The Morgan fingerprint density at radius 3 is 2.66 bits per heavy atom. The molecule has 0 spiro atoms. The molecule has 0 radical (unpaired) electrons. The van der Waals surface area contributed by atoms with Crippen molar-refractivity contribution in [3.8, 4) is 0 Å². The molecule has 0 aromatic carbocycles. The van der Waals surface area contributed by atoms with Gasteiger partial charge < -0.3 is 15.5 Å². The summed E-state index contributed by atoms with van der Waals surface area (Å²) in [5, 5.41) is 6.81. The molecule has 2 N–H and O–H groups in total. The number of rotatable bonds is 5. The molecular formula is C22H25N7. The highest BCUT2D eigenvalue weighted by Gasteiger charge is 2.21. The fourth-order valence-corrected chi connectivity index (χ4v) is 3.20. The first kappa shape index (κ1) is 18.9. The topological polar surface area (TPSA) is 78.9 Å². The molecule has 0 saturated heterocycles. The van der Waals surface area contributed by atoms with Gasteiger partial charge in [0.15, 0.2) is 0 Å². The van der Waals surface area contributed by atoms with Gasteiger partial charge in [-0.25, -0.2) is 9.97 Å². The lowest BCUT2D eigenvalue weighted by Crippen LogP contribution is -2.29. The summed E-state index contributed by atoms with van der Waals surface area (Å²) in [6.07, 6.45) is 13.0. The van der Waals surface area contributed by atoms with Gasteiger partial charge in [0, 0.05) is 55.2 Å². The molecule has 0 amide bonds. The first-order valence-corrected chi connectivity index (χ1v) is 9.62. The molecule has 3 aromatic rings. The maximum Gasteiger partial charge on any atom is 0.150 e. The fraction of sp³-hybridized carbons (Fsp3) is 0.273. The lowest BCUT2D eigenvalue weighted by atomic mass is 10.0. The van der Waals surface area contributed by atoms with Crippen molar-refractivity contribution >= 4 is 23.5 Å². The molecule has 7 nitrogen and oxygen atoms in total. The normalized spacial score (nSPS) is 13.1. The largest absolute Gasteiger partial charge is 0.369 e. The van der Waals surface area contributed by atoms with Gasteiger partial charge in [0.1, 0.15) is 17.5 Å². The van der Waals surface area contributed by atoms with E-state index in [2.05, 4.69) is 75.7 Å². The van der Waals surface area contributed by atoms with Crippen molar-refractivity contribution < 1.29 is 0 Å². The van der Waals surface area contributed by atoms with Gasteiger partial charge in [0.05, 0.1) is 6.20 Å². The van der Waals surface area contributed by atoms with Gasteiger partial charge in [0.25, 0.3) is 0 Å². The zero-order valence-electron chi connectivity index (χ0n) is 16.9. The molecule has 1 aliphatic heterocycles. The number of hydrogen-bond acceptors (Lipinski definition) is 7. The molecule has 4 rings (SSSR count). The molecule has 4 heterocycles. The molecule has 3 aromatic heterocycles. The Morgan fingerprint density at radius 1 is 1.07 bits per heavy atom. The molecule has 0 aliphatic carbocycles. The summed E-state index contributed by atoms with van der Waals surface area (Å²) in [7, 11) is 0. The monoisotopic (exact) mass is 387 g/mol. The highest BCUT2D eigenvalue weighted by Crippen LogP contribution is 2.31. The van der Waals surface area contributed by atoms with E-state index in [-0.39, 0.29) is 5.54 Å². The summed E-state index contributed by atoms with van der Waals surface area (Å²) in [5.74, 6) is 2.28. The lowest BCUT2D eigenvalue weighted by molar-refractivity contribution is 0.359. The summed E-state index contributed by atoms with van der Waals surface area (Å²) in [5.41, 5.74) is 3.39. The van der Waals surface area contributed by atoms with Crippen molar-refractivity contribution in [2.24, 2.45) is 0 Å². The van der Waals surface area contributed by atoms with Crippen LogP contribution in [0.5, 0.6) is 0 Å². The SMILES string of the molecule is CC(C)(C)Nc1nc(Nc2cnccn2)cc2c1CN(Cc1cccnc1)C=C2. The molecular weight excluding hydrogens is 362 g/mol. The molecule has 1 aliphatic rings. The van der Waals surface area contributed by atoms with Gasteiger partial charge in [0.2, 0.25) is 0 Å². The smallest absolute Gasteiger partial charge is 0.150 e. The number of nitrogens with one attached hydrogen (secondary N) is 2. The molecule has 0 unspecified atom stereocenters. The average molecular weight is 387 g/mol. The minimum Gasteiger partial charge on any atom is -0.369 e. The first-order chi connectivity index (χ1) is 14.0. The first-order valence-electron chi connectivity index (χ1n) is 9.62. The van der Waals surface area contributed by atoms with Crippen molar-refractivity contribution in [3.63, 3.8) is 0 Å². The van der Waals surface area contributed by atoms with Gasteiger partial charge >= 0.3 is 0 Å². The van der Waals surface area contributed by atoms with E-state index in [0.29, 0.717) is 5.82 Å². The van der Waals surface area contributed by atoms with Gasteiger partial charge in [-0.3, -0.25) is 9.97 Å². The second-order valence-corrected chi connectivity index (χ2v) is 8.10. The van der Waals surface area contributed by atoms with E-state index in [1.165, 1.54) is 11.1 Å². The number of nitrogens with zero attached hydrogens (tertiary/aromatic N) is 5. The third-order valence-electron chi connectivity index (χ3n) is 4.41.